The Balaban J connectivity index is 2.57. The van der Waals surface area contributed by atoms with E-state index in [1.807, 2.05) is 31.2 Å². The molecule has 0 bridgehead atoms. The number of carbonyl (C=O) groups is 2. The molecule has 1 amide bonds. The SMILES string of the molecule is CCCN(CC(=O)Nc1ccccc1Br)CC(=O)OC. The summed E-state index contributed by atoms with van der Waals surface area (Å²) in [7, 11) is 1.34. The van der Waals surface area contributed by atoms with E-state index in [9.17, 15) is 9.59 Å². The second kappa shape index (κ2) is 8.71. The van der Waals surface area contributed by atoms with Gasteiger partial charge < -0.3 is 10.1 Å². The Bertz CT molecular complexity index is 465. The molecular weight excluding hydrogens is 324 g/mol. The molecule has 20 heavy (non-hydrogen) atoms. The van der Waals surface area contributed by atoms with Crippen LogP contribution in [0, 0.1) is 0 Å². The van der Waals surface area contributed by atoms with Gasteiger partial charge in [-0.1, -0.05) is 19.1 Å². The van der Waals surface area contributed by atoms with E-state index in [0.29, 0.717) is 12.2 Å². The first-order valence-electron chi connectivity index (χ1n) is 6.40. The van der Waals surface area contributed by atoms with Crippen molar-refractivity contribution in [3.63, 3.8) is 0 Å². The number of halogens is 1. The fourth-order valence-corrected chi connectivity index (χ4v) is 2.12. The predicted molar refractivity (Wildman–Crippen MR) is 81.5 cm³/mol. The molecule has 0 aromatic heterocycles. The van der Waals surface area contributed by atoms with Crippen LogP contribution in [0.15, 0.2) is 28.7 Å². The summed E-state index contributed by atoms with van der Waals surface area (Å²) in [6, 6.07) is 7.39. The van der Waals surface area contributed by atoms with Crippen LogP contribution in [0.25, 0.3) is 0 Å². The fraction of sp³-hybridized carbons (Fsp3) is 0.429. The number of benzene rings is 1. The van der Waals surface area contributed by atoms with Gasteiger partial charge in [-0.25, -0.2) is 0 Å². The number of amides is 1. The zero-order valence-corrected chi connectivity index (χ0v) is 13.3. The largest absolute Gasteiger partial charge is 0.468 e. The quantitative estimate of drug-likeness (QED) is 0.772. The number of hydrogen-bond acceptors (Lipinski definition) is 4. The van der Waals surface area contributed by atoms with Crippen molar-refractivity contribution in [2.45, 2.75) is 13.3 Å². The number of rotatable bonds is 7. The normalized spacial score (nSPS) is 10.4. The molecule has 5 nitrogen and oxygen atoms in total. The third kappa shape index (κ3) is 5.71. The molecule has 1 N–H and O–H groups in total. The number of nitrogens with zero attached hydrogens (tertiary/aromatic N) is 1. The van der Waals surface area contributed by atoms with E-state index < -0.39 is 0 Å². The van der Waals surface area contributed by atoms with Gasteiger partial charge in [0.25, 0.3) is 0 Å². The highest BCUT2D eigenvalue weighted by Gasteiger charge is 2.14. The lowest BCUT2D eigenvalue weighted by Crippen LogP contribution is -2.37. The monoisotopic (exact) mass is 342 g/mol. The number of carbonyl (C=O) groups excluding carboxylic acids is 2. The molecule has 0 heterocycles. The van der Waals surface area contributed by atoms with Crippen LogP contribution in [0.2, 0.25) is 0 Å². The van der Waals surface area contributed by atoms with E-state index in [2.05, 4.69) is 26.0 Å². The zero-order chi connectivity index (χ0) is 15.0. The smallest absolute Gasteiger partial charge is 0.319 e. The van der Waals surface area contributed by atoms with Crippen LogP contribution in [0.4, 0.5) is 5.69 Å². The molecule has 0 aliphatic heterocycles. The van der Waals surface area contributed by atoms with E-state index in [-0.39, 0.29) is 25.0 Å². The van der Waals surface area contributed by atoms with Gasteiger partial charge in [0.2, 0.25) is 5.91 Å². The maximum absolute atomic E-state index is 12.0. The van der Waals surface area contributed by atoms with Crippen molar-refractivity contribution in [1.82, 2.24) is 4.90 Å². The number of nitrogens with one attached hydrogen (secondary N) is 1. The Hall–Kier alpha value is -1.40. The number of para-hydroxylation sites is 1. The summed E-state index contributed by atoms with van der Waals surface area (Å²) in [5.74, 6) is -0.499. The van der Waals surface area contributed by atoms with Crippen LogP contribution in [0.5, 0.6) is 0 Å². The van der Waals surface area contributed by atoms with Crippen molar-refractivity contribution in [2.24, 2.45) is 0 Å². The molecule has 6 heteroatoms. The molecule has 0 aliphatic rings. The number of ether oxygens (including phenoxy) is 1. The summed E-state index contributed by atoms with van der Waals surface area (Å²) in [6.07, 6.45) is 0.860. The summed E-state index contributed by atoms with van der Waals surface area (Å²) in [4.78, 5) is 25.0. The molecule has 0 spiro atoms. The zero-order valence-electron chi connectivity index (χ0n) is 11.7. The highest BCUT2D eigenvalue weighted by atomic mass is 79.9. The van der Waals surface area contributed by atoms with E-state index in [1.165, 1.54) is 7.11 Å². The molecule has 1 aromatic carbocycles. The number of methoxy groups -OCH3 is 1. The van der Waals surface area contributed by atoms with Crippen LogP contribution >= 0.6 is 15.9 Å². The van der Waals surface area contributed by atoms with Crippen molar-refractivity contribution < 1.29 is 14.3 Å². The molecule has 0 fully saturated rings. The summed E-state index contributed by atoms with van der Waals surface area (Å²) < 4.78 is 5.45. The van der Waals surface area contributed by atoms with Gasteiger partial charge in [-0.15, -0.1) is 0 Å². The first-order valence-corrected chi connectivity index (χ1v) is 7.19. The Kier molecular flexibility index (Phi) is 7.25. The predicted octanol–water partition coefficient (Wildman–Crippen LogP) is 2.27. The molecule has 0 radical (unpaired) electrons. The number of hydrogen-bond donors (Lipinski definition) is 1. The first kappa shape index (κ1) is 16.7. The summed E-state index contributed by atoms with van der Waals surface area (Å²) in [6.45, 7) is 2.94. The van der Waals surface area contributed by atoms with Gasteiger partial charge in [-0.3, -0.25) is 14.5 Å². The lowest BCUT2D eigenvalue weighted by Gasteiger charge is -2.19. The maximum Gasteiger partial charge on any atom is 0.319 e. The van der Waals surface area contributed by atoms with Gasteiger partial charge >= 0.3 is 5.97 Å². The van der Waals surface area contributed by atoms with Gasteiger partial charge in [-0.05, 0) is 41.0 Å². The first-order chi connectivity index (χ1) is 9.56. The molecule has 1 aromatic rings. The molecule has 0 saturated heterocycles. The Labute approximate surface area is 127 Å². The highest BCUT2D eigenvalue weighted by Crippen LogP contribution is 2.20. The van der Waals surface area contributed by atoms with E-state index >= 15 is 0 Å². The van der Waals surface area contributed by atoms with E-state index in [1.54, 1.807) is 4.90 Å². The van der Waals surface area contributed by atoms with Crippen LogP contribution in [0.1, 0.15) is 13.3 Å². The summed E-state index contributed by atoms with van der Waals surface area (Å²) >= 11 is 3.37. The van der Waals surface area contributed by atoms with Gasteiger partial charge in [0, 0.05) is 4.47 Å². The third-order valence-electron chi connectivity index (χ3n) is 2.64. The van der Waals surface area contributed by atoms with Crippen molar-refractivity contribution in [1.29, 1.82) is 0 Å². The van der Waals surface area contributed by atoms with Gasteiger partial charge in [-0.2, -0.15) is 0 Å². The van der Waals surface area contributed by atoms with Gasteiger partial charge in [0.15, 0.2) is 0 Å². The minimum atomic E-state index is -0.341. The minimum absolute atomic E-state index is 0.119. The molecule has 1 rings (SSSR count). The third-order valence-corrected chi connectivity index (χ3v) is 3.33. The van der Waals surface area contributed by atoms with Crippen LogP contribution in [0.3, 0.4) is 0 Å². The van der Waals surface area contributed by atoms with Gasteiger partial charge in [0.1, 0.15) is 0 Å². The van der Waals surface area contributed by atoms with Crippen molar-refractivity contribution in [3.05, 3.63) is 28.7 Å². The van der Waals surface area contributed by atoms with Crippen LogP contribution in [-0.2, 0) is 14.3 Å². The lowest BCUT2D eigenvalue weighted by atomic mass is 10.3. The average Bonchev–Trinajstić information content (AvgIpc) is 2.41. The van der Waals surface area contributed by atoms with Crippen molar-refractivity contribution >= 4 is 33.5 Å². The van der Waals surface area contributed by atoms with E-state index in [0.717, 1.165) is 10.9 Å². The standard InChI is InChI=1S/C14H19BrN2O3/c1-3-8-17(10-14(19)20-2)9-13(18)16-12-7-5-4-6-11(12)15/h4-7H,3,8-10H2,1-2H3,(H,16,18). The topological polar surface area (TPSA) is 58.6 Å². The van der Waals surface area contributed by atoms with Crippen molar-refractivity contribution in [2.75, 3.05) is 32.1 Å². The second-order valence-electron chi connectivity index (χ2n) is 4.31. The summed E-state index contributed by atoms with van der Waals surface area (Å²) in [5.41, 5.74) is 0.715. The molecule has 0 atom stereocenters. The molecule has 0 unspecified atom stereocenters. The average molecular weight is 343 g/mol. The van der Waals surface area contributed by atoms with Crippen LogP contribution in [-0.4, -0.2) is 43.5 Å². The molecule has 110 valence electrons. The highest BCUT2D eigenvalue weighted by molar-refractivity contribution is 9.10. The molecule has 0 saturated carbocycles. The fourth-order valence-electron chi connectivity index (χ4n) is 1.73. The number of anilines is 1. The Morgan fingerprint density at radius 3 is 2.60 bits per heavy atom. The number of esters is 1. The van der Waals surface area contributed by atoms with E-state index in [4.69, 9.17) is 0 Å². The summed E-state index contributed by atoms with van der Waals surface area (Å²) in [5, 5.41) is 2.81. The molecular formula is C14H19BrN2O3. The Morgan fingerprint density at radius 2 is 2.00 bits per heavy atom. The van der Waals surface area contributed by atoms with Crippen molar-refractivity contribution in [3.8, 4) is 0 Å². The Morgan fingerprint density at radius 1 is 1.30 bits per heavy atom. The maximum atomic E-state index is 12.0. The lowest BCUT2D eigenvalue weighted by molar-refractivity contribution is -0.142. The van der Waals surface area contributed by atoms with Gasteiger partial charge in [0.05, 0.1) is 25.9 Å². The second-order valence-corrected chi connectivity index (χ2v) is 5.17. The molecule has 0 aliphatic carbocycles. The minimum Gasteiger partial charge on any atom is -0.468 e. The van der Waals surface area contributed by atoms with Crippen LogP contribution < -0.4 is 5.32 Å².